The molecule has 1 aromatic carbocycles. The lowest BCUT2D eigenvalue weighted by Crippen LogP contribution is -2.39. The Balaban J connectivity index is 2.73. The van der Waals surface area contributed by atoms with Gasteiger partial charge in [-0.2, -0.15) is 0 Å². The van der Waals surface area contributed by atoms with Crippen LogP contribution in [0.25, 0.3) is 0 Å². The maximum absolute atomic E-state index is 12.0. The summed E-state index contributed by atoms with van der Waals surface area (Å²) in [5.41, 5.74) is 7.70. The summed E-state index contributed by atoms with van der Waals surface area (Å²) in [6, 6.07) is 7.83. The molecular weight excluding hydrogens is 242 g/mol. The van der Waals surface area contributed by atoms with Gasteiger partial charge in [0.05, 0.1) is 12.0 Å². The minimum Gasteiger partial charge on any atom is -0.409 e. The first-order chi connectivity index (χ1) is 8.99. The molecule has 0 saturated carbocycles. The molecule has 0 heterocycles. The second kappa shape index (κ2) is 6.78. The standard InChI is InChI=1S/C14H21N3O2/c1-4-12(13(15)17-19)14(18)16-10(3)11-7-5-9(2)6-8-11/h5-8,10,12,19H,4H2,1-3H3,(H2,15,17)(H,16,18). The maximum Gasteiger partial charge on any atom is 0.231 e. The summed E-state index contributed by atoms with van der Waals surface area (Å²) in [5, 5.41) is 14.4. The summed E-state index contributed by atoms with van der Waals surface area (Å²) in [6.45, 7) is 5.74. The van der Waals surface area contributed by atoms with E-state index in [4.69, 9.17) is 10.9 Å². The fourth-order valence-corrected chi connectivity index (χ4v) is 1.85. The summed E-state index contributed by atoms with van der Waals surface area (Å²) in [5.74, 6) is -0.889. The number of aryl methyl sites for hydroxylation is 1. The minimum atomic E-state index is -0.599. The van der Waals surface area contributed by atoms with E-state index in [1.165, 1.54) is 5.56 Å². The molecule has 1 rings (SSSR count). The number of rotatable bonds is 5. The molecule has 0 saturated heterocycles. The van der Waals surface area contributed by atoms with Crippen molar-refractivity contribution in [3.8, 4) is 0 Å². The molecule has 19 heavy (non-hydrogen) atoms. The summed E-state index contributed by atoms with van der Waals surface area (Å²) in [7, 11) is 0. The largest absolute Gasteiger partial charge is 0.409 e. The van der Waals surface area contributed by atoms with E-state index in [1.54, 1.807) is 0 Å². The molecule has 104 valence electrons. The highest BCUT2D eigenvalue weighted by molar-refractivity contribution is 6.02. The van der Waals surface area contributed by atoms with Crippen LogP contribution >= 0.6 is 0 Å². The van der Waals surface area contributed by atoms with Crippen molar-refractivity contribution in [3.05, 3.63) is 35.4 Å². The molecule has 0 aromatic heterocycles. The second-order valence-corrected chi connectivity index (χ2v) is 4.63. The van der Waals surface area contributed by atoms with E-state index in [9.17, 15) is 4.79 Å². The average Bonchev–Trinajstić information content (AvgIpc) is 2.39. The number of benzene rings is 1. The van der Waals surface area contributed by atoms with E-state index >= 15 is 0 Å². The van der Waals surface area contributed by atoms with Crippen LogP contribution in [0.2, 0.25) is 0 Å². The normalized spacial score (nSPS) is 14.8. The molecule has 0 aliphatic heterocycles. The van der Waals surface area contributed by atoms with Crippen LogP contribution in [0.3, 0.4) is 0 Å². The number of amides is 1. The Morgan fingerprint density at radius 2 is 2.00 bits per heavy atom. The summed E-state index contributed by atoms with van der Waals surface area (Å²) in [6.07, 6.45) is 0.488. The number of carbonyl (C=O) groups is 1. The molecule has 0 fully saturated rings. The van der Waals surface area contributed by atoms with Gasteiger partial charge >= 0.3 is 0 Å². The van der Waals surface area contributed by atoms with Gasteiger partial charge in [0.1, 0.15) is 0 Å². The first kappa shape index (κ1) is 15.0. The number of carbonyl (C=O) groups excluding carboxylic acids is 1. The molecule has 5 heteroatoms. The molecule has 0 aliphatic rings. The molecule has 2 atom stereocenters. The van der Waals surface area contributed by atoms with Gasteiger partial charge in [0.15, 0.2) is 5.84 Å². The number of oxime groups is 1. The highest BCUT2D eigenvalue weighted by Gasteiger charge is 2.22. The zero-order valence-corrected chi connectivity index (χ0v) is 11.6. The van der Waals surface area contributed by atoms with Gasteiger partial charge in [-0.15, -0.1) is 0 Å². The number of nitrogens with one attached hydrogen (secondary N) is 1. The molecule has 1 aromatic rings. The predicted molar refractivity (Wildman–Crippen MR) is 74.9 cm³/mol. The Labute approximate surface area is 113 Å². The van der Waals surface area contributed by atoms with E-state index in [1.807, 2.05) is 45.0 Å². The van der Waals surface area contributed by atoms with Crippen molar-refractivity contribution in [2.75, 3.05) is 0 Å². The van der Waals surface area contributed by atoms with Crippen LogP contribution in [-0.2, 0) is 4.79 Å². The predicted octanol–water partition coefficient (Wildman–Crippen LogP) is 1.94. The second-order valence-electron chi connectivity index (χ2n) is 4.63. The Morgan fingerprint density at radius 3 is 2.47 bits per heavy atom. The van der Waals surface area contributed by atoms with Gasteiger partial charge in [-0.1, -0.05) is 41.9 Å². The molecule has 5 nitrogen and oxygen atoms in total. The van der Waals surface area contributed by atoms with Crippen molar-refractivity contribution < 1.29 is 10.0 Å². The summed E-state index contributed by atoms with van der Waals surface area (Å²) < 4.78 is 0. The number of hydrogen-bond acceptors (Lipinski definition) is 3. The molecule has 2 unspecified atom stereocenters. The quantitative estimate of drug-likeness (QED) is 0.328. The maximum atomic E-state index is 12.0. The first-order valence-electron chi connectivity index (χ1n) is 6.34. The Hall–Kier alpha value is -2.04. The molecule has 4 N–H and O–H groups in total. The molecule has 0 aliphatic carbocycles. The smallest absolute Gasteiger partial charge is 0.231 e. The average molecular weight is 263 g/mol. The van der Waals surface area contributed by atoms with Gasteiger partial charge in [-0.05, 0) is 25.8 Å². The highest BCUT2D eigenvalue weighted by atomic mass is 16.4. The number of nitrogens with zero attached hydrogens (tertiary/aromatic N) is 1. The fourth-order valence-electron chi connectivity index (χ4n) is 1.85. The highest BCUT2D eigenvalue weighted by Crippen LogP contribution is 2.14. The summed E-state index contributed by atoms with van der Waals surface area (Å²) >= 11 is 0. The van der Waals surface area contributed by atoms with Crippen LogP contribution < -0.4 is 11.1 Å². The van der Waals surface area contributed by atoms with Crippen molar-refractivity contribution in [3.63, 3.8) is 0 Å². The Kier molecular flexibility index (Phi) is 5.36. The van der Waals surface area contributed by atoms with E-state index in [2.05, 4.69) is 10.5 Å². The van der Waals surface area contributed by atoms with Crippen LogP contribution in [0, 0.1) is 12.8 Å². The fraction of sp³-hybridized carbons (Fsp3) is 0.429. The van der Waals surface area contributed by atoms with Gasteiger partial charge in [-0.3, -0.25) is 4.79 Å². The van der Waals surface area contributed by atoms with Gasteiger partial charge in [0.25, 0.3) is 0 Å². The lowest BCUT2D eigenvalue weighted by molar-refractivity contribution is -0.123. The molecule has 0 radical (unpaired) electrons. The van der Waals surface area contributed by atoms with Crippen LogP contribution in [0.5, 0.6) is 0 Å². The van der Waals surface area contributed by atoms with Crippen LogP contribution in [0.15, 0.2) is 29.4 Å². The van der Waals surface area contributed by atoms with Crippen LogP contribution in [0.1, 0.15) is 37.4 Å². The Morgan fingerprint density at radius 1 is 1.42 bits per heavy atom. The molecule has 0 bridgehead atoms. The van der Waals surface area contributed by atoms with E-state index in [0.717, 1.165) is 5.56 Å². The van der Waals surface area contributed by atoms with Crippen molar-refractivity contribution >= 4 is 11.7 Å². The number of hydrogen-bond donors (Lipinski definition) is 3. The van der Waals surface area contributed by atoms with Gasteiger partial charge in [-0.25, -0.2) is 0 Å². The monoisotopic (exact) mass is 263 g/mol. The van der Waals surface area contributed by atoms with Gasteiger partial charge < -0.3 is 16.3 Å². The number of nitrogens with two attached hydrogens (primary N) is 1. The zero-order valence-electron chi connectivity index (χ0n) is 11.6. The third kappa shape index (κ3) is 3.98. The first-order valence-corrected chi connectivity index (χ1v) is 6.34. The SMILES string of the molecule is CCC(C(=O)NC(C)c1ccc(C)cc1)C(N)=NO. The van der Waals surface area contributed by atoms with E-state index in [0.29, 0.717) is 6.42 Å². The summed E-state index contributed by atoms with van der Waals surface area (Å²) in [4.78, 5) is 12.0. The van der Waals surface area contributed by atoms with Crippen molar-refractivity contribution in [1.29, 1.82) is 0 Å². The number of amidine groups is 1. The zero-order chi connectivity index (χ0) is 14.4. The molecular formula is C14H21N3O2. The third-order valence-electron chi connectivity index (χ3n) is 3.13. The van der Waals surface area contributed by atoms with Crippen LogP contribution in [-0.4, -0.2) is 17.0 Å². The van der Waals surface area contributed by atoms with E-state index < -0.39 is 5.92 Å². The lowest BCUT2D eigenvalue weighted by atomic mass is 10.0. The topological polar surface area (TPSA) is 87.7 Å². The Bertz CT molecular complexity index is 454. The van der Waals surface area contributed by atoms with Crippen molar-refractivity contribution in [2.24, 2.45) is 16.8 Å². The van der Waals surface area contributed by atoms with Crippen molar-refractivity contribution in [1.82, 2.24) is 5.32 Å². The van der Waals surface area contributed by atoms with Gasteiger partial charge in [0, 0.05) is 0 Å². The van der Waals surface area contributed by atoms with Gasteiger partial charge in [0.2, 0.25) is 5.91 Å². The lowest BCUT2D eigenvalue weighted by Gasteiger charge is -2.18. The minimum absolute atomic E-state index is 0.0592. The van der Waals surface area contributed by atoms with Crippen LogP contribution in [0.4, 0.5) is 0 Å². The molecule has 1 amide bonds. The molecule has 0 spiro atoms. The van der Waals surface area contributed by atoms with Crippen molar-refractivity contribution in [2.45, 2.75) is 33.2 Å². The van der Waals surface area contributed by atoms with E-state index in [-0.39, 0.29) is 17.8 Å². The third-order valence-corrected chi connectivity index (χ3v) is 3.13.